The standard InChI is InChI=1S/C21H23F5N4O/c1-13(15-7-8-17(22)18(23)10-15)29-20(28-12-19(31)30(2)3)27-11-14-5-4-6-16(9-14)21(24,25)26/h4-10,13H,11-12H2,1-3H3,(H2,27,28,29). The molecule has 0 aliphatic heterocycles. The molecule has 0 aromatic heterocycles. The number of carbonyl (C=O) groups is 1. The number of benzene rings is 2. The molecule has 1 unspecified atom stereocenters. The maximum absolute atomic E-state index is 13.5. The maximum Gasteiger partial charge on any atom is 0.416 e. The van der Waals surface area contributed by atoms with Crippen molar-refractivity contribution in [3.63, 3.8) is 0 Å². The van der Waals surface area contributed by atoms with Gasteiger partial charge in [0.05, 0.1) is 24.7 Å². The first-order valence-corrected chi connectivity index (χ1v) is 9.33. The smallest absolute Gasteiger partial charge is 0.350 e. The number of rotatable bonds is 6. The summed E-state index contributed by atoms with van der Waals surface area (Å²) in [7, 11) is 3.14. The Morgan fingerprint density at radius 1 is 1.10 bits per heavy atom. The number of hydrogen-bond donors (Lipinski definition) is 2. The number of aliphatic imine (C=N–C) groups is 1. The second kappa shape index (κ2) is 10.2. The van der Waals surface area contributed by atoms with E-state index in [2.05, 4.69) is 15.6 Å². The fourth-order valence-corrected chi connectivity index (χ4v) is 2.56. The highest BCUT2D eigenvalue weighted by atomic mass is 19.4. The lowest BCUT2D eigenvalue weighted by molar-refractivity contribution is -0.137. The van der Waals surface area contributed by atoms with E-state index in [1.165, 1.54) is 23.1 Å². The molecule has 1 amide bonds. The predicted molar refractivity (Wildman–Crippen MR) is 107 cm³/mol. The average molecular weight is 442 g/mol. The molecule has 0 saturated heterocycles. The predicted octanol–water partition coefficient (Wildman–Crippen LogP) is 3.87. The molecule has 5 nitrogen and oxygen atoms in total. The van der Waals surface area contributed by atoms with Gasteiger partial charge >= 0.3 is 6.18 Å². The van der Waals surface area contributed by atoms with Crippen LogP contribution in [0.3, 0.4) is 0 Å². The van der Waals surface area contributed by atoms with Gasteiger partial charge < -0.3 is 15.5 Å². The highest BCUT2D eigenvalue weighted by molar-refractivity contribution is 5.86. The first kappa shape index (κ1) is 24.1. The summed E-state index contributed by atoms with van der Waals surface area (Å²) in [5.74, 6) is -2.12. The molecule has 1 atom stereocenters. The summed E-state index contributed by atoms with van der Waals surface area (Å²) < 4.78 is 65.5. The van der Waals surface area contributed by atoms with E-state index in [1.54, 1.807) is 21.0 Å². The van der Waals surface area contributed by atoms with Crippen molar-refractivity contribution in [2.45, 2.75) is 25.7 Å². The number of likely N-dealkylation sites (N-methyl/N-ethyl adjacent to an activating group) is 1. The third-order valence-corrected chi connectivity index (χ3v) is 4.38. The first-order chi connectivity index (χ1) is 14.5. The van der Waals surface area contributed by atoms with Crippen LogP contribution in [0.2, 0.25) is 0 Å². The average Bonchev–Trinajstić information content (AvgIpc) is 2.71. The molecule has 0 bridgehead atoms. The molecule has 2 rings (SSSR count). The minimum Gasteiger partial charge on any atom is -0.350 e. The number of amides is 1. The number of nitrogens with zero attached hydrogens (tertiary/aromatic N) is 2. The number of alkyl halides is 3. The zero-order chi connectivity index (χ0) is 23.2. The third kappa shape index (κ3) is 7.23. The van der Waals surface area contributed by atoms with Crippen LogP contribution in [0.15, 0.2) is 47.5 Å². The Balaban J connectivity index is 2.20. The monoisotopic (exact) mass is 442 g/mol. The molecule has 2 N–H and O–H groups in total. The van der Waals surface area contributed by atoms with Crippen molar-refractivity contribution in [2.24, 2.45) is 4.99 Å². The van der Waals surface area contributed by atoms with E-state index in [0.29, 0.717) is 11.1 Å². The van der Waals surface area contributed by atoms with Crippen molar-refractivity contribution in [1.82, 2.24) is 15.5 Å². The van der Waals surface area contributed by atoms with Crippen molar-refractivity contribution in [1.29, 1.82) is 0 Å². The fourth-order valence-electron chi connectivity index (χ4n) is 2.56. The SMILES string of the molecule is CC(NC(=NCc1cccc(C(F)(F)F)c1)NCC(=O)N(C)C)c1ccc(F)c(F)c1. The zero-order valence-electron chi connectivity index (χ0n) is 17.2. The summed E-state index contributed by atoms with van der Waals surface area (Å²) in [6.45, 7) is 1.45. The summed E-state index contributed by atoms with van der Waals surface area (Å²) in [5.41, 5.74) is -0.0534. The van der Waals surface area contributed by atoms with Crippen molar-refractivity contribution in [3.8, 4) is 0 Å². The molecule has 0 saturated carbocycles. The molecule has 0 heterocycles. The highest BCUT2D eigenvalue weighted by Crippen LogP contribution is 2.29. The number of halogens is 5. The third-order valence-electron chi connectivity index (χ3n) is 4.38. The molecule has 2 aromatic rings. The Hall–Kier alpha value is -3.17. The minimum absolute atomic E-state index is 0.0973. The van der Waals surface area contributed by atoms with Gasteiger partial charge in [-0.25, -0.2) is 13.8 Å². The lowest BCUT2D eigenvalue weighted by Crippen LogP contribution is -2.43. The molecule has 0 aliphatic rings. The molecule has 0 radical (unpaired) electrons. The van der Waals surface area contributed by atoms with Crippen molar-refractivity contribution in [3.05, 3.63) is 70.8 Å². The van der Waals surface area contributed by atoms with Crippen LogP contribution in [0.5, 0.6) is 0 Å². The summed E-state index contributed by atoms with van der Waals surface area (Å²) >= 11 is 0. The first-order valence-electron chi connectivity index (χ1n) is 9.33. The molecule has 2 aromatic carbocycles. The Kier molecular flexibility index (Phi) is 7.95. The number of guanidine groups is 1. The van der Waals surface area contributed by atoms with Crippen LogP contribution in [0, 0.1) is 11.6 Å². The van der Waals surface area contributed by atoms with Crippen molar-refractivity contribution < 1.29 is 26.7 Å². The van der Waals surface area contributed by atoms with Crippen LogP contribution >= 0.6 is 0 Å². The van der Waals surface area contributed by atoms with Gasteiger partial charge in [-0.05, 0) is 42.3 Å². The van der Waals surface area contributed by atoms with E-state index in [1.807, 2.05) is 0 Å². The van der Waals surface area contributed by atoms with E-state index in [0.717, 1.165) is 24.3 Å². The summed E-state index contributed by atoms with van der Waals surface area (Å²) in [5, 5.41) is 5.75. The maximum atomic E-state index is 13.5. The molecule has 0 fully saturated rings. The van der Waals surface area contributed by atoms with Crippen LogP contribution in [-0.2, 0) is 17.5 Å². The van der Waals surface area contributed by atoms with Gasteiger partial charge in [0.2, 0.25) is 5.91 Å². The Labute approximate surface area is 177 Å². The molecule has 0 spiro atoms. The van der Waals surface area contributed by atoms with E-state index in [9.17, 15) is 26.7 Å². The second-order valence-corrected chi connectivity index (χ2v) is 7.04. The number of nitrogens with one attached hydrogen (secondary N) is 2. The lowest BCUT2D eigenvalue weighted by Gasteiger charge is -2.20. The lowest BCUT2D eigenvalue weighted by atomic mass is 10.1. The van der Waals surface area contributed by atoms with E-state index in [4.69, 9.17) is 0 Å². The van der Waals surface area contributed by atoms with Crippen molar-refractivity contribution >= 4 is 11.9 Å². The van der Waals surface area contributed by atoms with Crippen LogP contribution < -0.4 is 10.6 Å². The quantitative estimate of drug-likeness (QED) is 0.406. The van der Waals surface area contributed by atoms with Gasteiger partial charge in [0.1, 0.15) is 0 Å². The van der Waals surface area contributed by atoms with Gasteiger partial charge in [-0.2, -0.15) is 13.2 Å². The van der Waals surface area contributed by atoms with Crippen LogP contribution in [0.1, 0.15) is 29.7 Å². The van der Waals surface area contributed by atoms with E-state index >= 15 is 0 Å². The molecule has 31 heavy (non-hydrogen) atoms. The van der Waals surface area contributed by atoms with Gasteiger partial charge in [0.25, 0.3) is 0 Å². The van der Waals surface area contributed by atoms with E-state index in [-0.39, 0.29) is 25.0 Å². The van der Waals surface area contributed by atoms with Crippen LogP contribution in [0.25, 0.3) is 0 Å². The van der Waals surface area contributed by atoms with Gasteiger partial charge in [-0.15, -0.1) is 0 Å². The largest absolute Gasteiger partial charge is 0.416 e. The van der Waals surface area contributed by atoms with Gasteiger partial charge in [-0.3, -0.25) is 4.79 Å². The summed E-state index contributed by atoms with van der Waals surface area (Å²) in [6.07, 6.45) is -4.47. The fraction of sp³-hybridized carbons (Fsp3) is 0.333. The number of carbonyl (C=O) groups excluding carboxylic acids is 1. The summed E-state index contributed by atoms with van der Waals surface area (Å²) in [6, 6.07) is 7.63. The zero-order valence-corrected chi connectivity index (χ0v) is 17.2. The van der Waals surface area contributed by atoms with Crippen LogP contribution in [-0.4, -0.2) is 37.4 Å². The topological polar surface area (TPSA) is 56.7 Å². The second-order valence-electron chi connectivity index (χ2n) is 7.04. The normalized spacial score (nSPS) is 13.0. The van der Waals surface area contributed by atoms with Gasteiger partial charge in [0, 0.05) is 14.1 Å². The molecule has 0 aliphatic carbocycles. The minimum atomic E-state index is -4.47. The molecular weight excluding hydrogens is 419 g/mol. The van der Waals surface area contributed by atoms with Crippen LogP contribution in [0.4, 0.5) is 22.0 Å². The Morgan fingerprint density at radius 2 is 1.81 bits per heavy atom. The van der Waals surface area contributed by atoms with Gasteiger partial charge in [0.15, 0.2) is 17.6 Å². The Bertz CT molecular complexity index is 944. The Morgan fingerprint density at radius 3 is 2.42 bits per heavy atom. The van der Waals surface area contributed by atoms with Crippen molar-refractivity contribution in [2.75, 3.05) is 20.6 Å². The molecular formula is C21H23F5N4O. The van der Waals surface area contributed by atoms with Gasteiger partial charge in [-0.1, -0.05) is 18.2 Å². The van der Waals surface area contributed by atoms with E-state index < -0.39 is 29.4 Å². The summed E-state index contributed by atoms with van der Waals surface area (Å²) in [4.78, 5) is 17.5. The molecule has 10 heteroatoms. The molecule has 168 valence electrons. The number of hydrogen-bond acceptors (Lipinski definition) is 2. The highest BCUT2D eigenvalue weighted by Gasteiger charge is 2.30.